The third kappa shape index (κ3) is 2.05. The molecule has 3 aliphatic rings. The second-order valence-electron chi connectivity index (χ2n) is 7.58. The molecule has 1 heterocycles. The van der Waals surface area contributed by atoms with Gasteiger partial charge < -0.3 is 9.64 Å². The van der Waals surface area contributed by atoms with Gasteiger partial charge in [-0.3, -0.25) is 4.79 Å². The molecule has 1 amide bonds. The van der Waals surface area contributed by atoms with E-state index in [9.17, 15) is 4.79 Å². The number of hydrogen-bond donors (Lipinski definition) is 0. The number of amides is 1. The lowest BCUT2D eigenvalue weighted by molar-refractivity contribution is -0.121. The van der Waals surface area contributed by atoms with Crippen LogP contribution in [0.4, 0.5) is 5.69 Å². The average molecular weight is 285 g/mol. The number of carbonyl (C=O) groups excluding carboxylic acids is 1. The van der Waals surface area contributed by atoms with Crippen LogP contribution in [0.25, 0.3) is 0 Å². The van der Waals surface area contributed by atoms with Gasteiger partial charge in [-0.15, -0.1) is 0 Å². The predicted octanol–water partition coefficient (Wildman–Crippen LogP) is 3.77. The minimum absolute atomic E-state index is 0.252. The molecule has 1 spiro atoms. The first-order valence-corrected chi connectivity index (χ1v) is 8.10. The minimum Gasteiger partial charge on any atom is -0.484 e. The summed E-state index contributed by atoms with van der Waals surface area (Å²) in [5, 5.41) is 0. The molecule has 0 N–H and O–H groups in total. The fourth-order valence-electron chi connectivity index (χ4n) is 4.28. The highest BCUT2D eigenvalue weighted by Crippen LogP contribution is 2.63. The molecule has 0 radical (unpaired) electrons. The maximum atomic E-state index is 13.0. The first-order valence-electron chi connectivity index (χ1n) is 8.10. The summed E-state index contributed by atoms with van der Waals surface area (Å²) in [4.78, 5) is 15.0. The van der Waals surface area contributed by atoms with Crippen molar-refractivity contribution in [1.29, 1.82) is 0 Å². The number of hydrogen-bond acceptors (Lipinski definition) is 2. The molecule has 0 saturated heterocycles. The van der Waals surface area contributed by atoms with Gasteiger partial charge in [-0.25, -0.2) is 0 Å². The molecule has 1 aliphatic heterocycles. The van der Waals surface area contributed by atoms with Gasteiger partial charge in [0.1, 0.15) is 11.4 Å². The molecule has 2 saturated carbocycles. The van der Waals surface area contributed by atoms with Gasteiger partial charge in [0.2, 0.25) is 5.91 Å². The van der Waals surface area contributed by atoms with Crippen LogP contribution in [-0.4, -0.2) is 18.1 Å². The van der Waals surface area contributed by atoms with E-state index in [1.54, 1.807) is 0 Å². The largest absolute Gasteiger partial charge is 0.484 e. The molecule has 3 nitrogen and oxygen atoms in total. The SMILES string of the molecule is CC1(C)CN(C(=O)C2CC23CCCC3)c2ccccc2O1. The number of anilines is 1. The Bertz CT molecular complexity index is 587. The van der Waals surface area contributed by atoms with Crippen LogP contribution >= 0.6 is 0 Å². The third-order valence-electron chi connectivity index (χ3n) is 5.43. The molecule has 3 heteroatoms. The Labute approximate surface area is 126 Å². The van der Waals surface area contributed by atoms with E-state index in [-0.39, 0.29) is 11.5 Å². The van der Waals surface area contributed by atoms with E-state index in [2.05, 4.69) is 13.8 Å². The van der Waals surface area contributed by atoms with Crippen molar-refractivity contribution in [3.05, 3.63) is 24.3 Å². The van der Waals surface area contributed by atoms with Crippen molar-refractivity contribution in [1.82, 2.24) is 0 Å². The molecule has 1 atom stereocenters. The lowest BCUT2D eigenvalue weighted by atomic mass is 9.99. The topological polar surface area (TPSA) is 29.5 Å². The molecule has 2 fully saturated rings. The van der Waals surface area contributed by atoms with E-state index in [0.29, 0.717) is 17.9 Å². The van der Waals surface area contributed by atoms with Crippen LogP contribution < -0.4 is 9.64 Å². The van der Waals surface area contributed by atoms with Gasteiger partial charge in [-0.05, 0) is 50.7 Å². The minimum atomic E-state index is -0.318. The molecule has 0 aromatic heterocycles. The molecule has 2 aliphatic carbocycles. The summed E-state index contributed by atoms with van der Waals surface area (Å²) in [6.45, 7) is 4.76. The maximum absolute atomic E-state index is 13.0. The van der Waals surface area contributed by atoms with E-state index in [4.69, 9.17) is 4.74 Å². The number of carbonyl (C=O) groups is 1. The van der Waals surface area contributed by atoms with Crippen molar-refractivity contribution in [3.8, 4) is 5.75 Å². The zero-order valence-corrected chi connectivity index (χ0v) is 12.9. The van der Waals surface area contributed by atoms with E-state index >= 15 is 0 Å². The summed E-state index contributed by atoms with van der Waals surface area (Å²) in [5.74, 6) is 1.41. The average Bonchev–Trinajstić information content (AvgIpc) is 2.93. The third-order valence-corrected chi connectivity index (χ3v) is 5.43. The maximum Gasteiger partial charge on any atom is 0.230 e. The van der Waals surface area contributed by atoms with Crippen molar-refractivity contribution in [2.45, 2.75) is 51.6 Å². The second kappa shape index (κ2) is 4.25. The smallest absolute Gasteiger partial charge is 0.230 e. The van der Waals surface area contributed by atoms with Gasteiger partial charge >= 0.3 is 0 Å². The molecular weight excluding hydrogens is 262 g/mol. The lowest BCUT2D eigenvalue weighted by Gasteiger charge is -2.40. The van der Waals surface area contributed by atoms with Crippen LogP contribution in [0.5, 0.6) is 5.75 Å². The van der Waals surface area contributed by atoms with Crippen LogP contribution in [0.15, 0.2) is 24.3 Å². The fraction of sp³-hybridized carbons (Fsp3) is 0.611. The van der Waals surface area contributed by atoms with Crippen LogP contribution in [0.1, 0.15) is 46.0 Å². The number of rotatable bonds is 1. The van der Waals surface area contributed by atoms with Crippen molar-refractivity contribution < 1.29 is 9.53 Å². The van der Waals surface area contributed by atoms with Crippen molar-refractivity contribution >= 4 is 11.6 Å². The van der Waals surface area contributed by atoms with Gasteiger partial charge in [0.05, 0.1) is 12.2 Å². The number of ether oxygens (including phenoxy) is 1. The summed E-state index contributed by atoms with van der Waals surface area (Å²) in [6.07, 6.45) is 6.20. The highest BCUT2D eigenvalue weighted by molar-refractivity contribution is 5.99. The van der Waals surface area contributed by atoms with Gasteiger partial charge in [0.15, 0.2) is 0 Å². The van der Waals surface area contributed by atoms with Crippen LogP contribution in [0.3, 0.4) is 0 Å². The van der Waals surface area contributed by atoms with Crippen LogP contribution in [0, 0.1) is 11.3 Å². The molecule has 1 aromatic carbocycles. The number of benzene rings is 1. The molecule has 1 aromatic rings. The highest BCUT2D eigenvalue weighted by Gasteiger charge is 2.60. The van der Waals surface area contributed by atoms with Gasteiger partial charge in [-0.2, -0.15) is 0 Å². The Morgan fingerprint density at radius 1 is 1.24 bits per heavy atom. The molecular formula is C18H23NO2. The highest BCUT2D eigenvalue weighted by atomic mass is 16.5. The molecule has 1 unspecified atom stereocenters. The standard InChI is InChI=1S/C18H23NO2/c1-17(2)12-19(14-7-3-4-8-15(14)21-17)16(20)13-11-18(13)9-5-6-10-18/h3-4,7-8,13H,5-6,9-12H2,1-2H3. The Kier molecular flexibility index (Phi) is 2.66. The zero-order valence-electron chi connectivity index (χ0n) is 12.9. The van der Waals surface area contributed by atoms with Crippen molar-refractivity contribution in [3.63, 3.8) is 0 Å². The van der Waals surface area contributed by atoms with E-state index in [0.717, 1.165) is 17.9 Å². The molecule has 112 valence electrons. The first kappa shape index (κ1) is 13.2. The molecule has 0 bridgehead atoms. The Morgan fingerprint density at radius 2 is 1.95 bits per heavy atom. The Balaban J connectivity index is 1.64. The van der Waals surface area contributed by atoms with Crippen LogP contribution in [-0.2, 0) is 4.79 Å². The molecule has 4 rings (SSSR count). The fourth-order valence-corrected chi connectivity index (χ4v) is 4.28. The van der Waals surface area contributed by atoms with Gasteiger partial charge in [0, 0.05) is 5.92 Å². The quantitative estimate of drug-likeness (QED) is 0.786. The number of fused-ring (bicyclic) bond motifs is 1. The van der Waals surface area contributed by atoms with Crippen molar-refractivity contribution in [2.75, 3.05) is 11.4 Å². The van der Waals surface area contributed by atoms with E-state index in [1.165, 1.54) is 25.7 Å². The summed E-state index contributed by atoms with van der Waals surface area (Å²) in [5.41, 5.74) is 0.984. The predicted molar refractivity (Wildman–Crippen MR) is 82.5 cm³/mol. The normalized spacial score (nSPS) is 28.1. The van der Waals surface area contributed by atoms with Crippen molar-refractivity contribution in [2.24, 2.45) is 11.3 Å². The van der Waals surface area contributed by atoms with Crippen LogP contribution in [0.2, 0.25) is 0 Å². The van der Waals surface area contributed by atoms with Gasteiger partial charge in [-0.1, -0.05) is 25.0 Å². The summed E-state index contributed by atoms with van der Waals surface area (Å²) in [7, 11) is 0. The monoisotopic (exact) mass is 285 g/mol. The summed E-state index contributed by atoms with van der Waals surface area (Å²) >= 11 is 0. The van der Waals surface area contributed by atoms with E-state index in [1.807, 2.05) is 29.2 Å². The van der Waals surface area contributed by atoms with Gasteiger partial charge in [0.25, 0.3) is 0 Å². The summed E-state index contributed by atoms with van der Waals surface area (Å²) in [6, 6.07) is 7.93. The number of nitrogens with zero attached hydrogens (tertiary/aromatic N) is 1. The Hall–Kier alpha value is -1.51. The lowest BCUT2D eigenvalue weighted by Crippen LogP contribution is -2.50. The first-order chi connectivity index (χ1) is 10.0. The Morgan fingerprint density at radius 3 is 2.71 bits per heavy atom. The number of para-hydroxylation sites is 2. The molecule has 21 heavy (non-hydrogen) atoms. The van der Waals surface area contributed by atoms with E-state index < -0.39 is 0 Å². The second-order valence-corrected chi connectivity index (χ2v) is 7.58. The summed E-state index contributed by atoms with van der Waals surface area (Å²) < 4.78 is 6.02. The zero-order chi connectivity index (χ0) is 14.7.